The van der Waals surface area contributed by atoms with Gasteiger partial charge in [-0.3, -0.25) is 0 Å². The fourth-order valence-corrected chi connectivity index (χ4v) is 2.29. The Labute approximate surface area is 90.4 Å². The maximum absolute atomic E-state index is 11.6. The van der Waals surface area contributed by atoms with Gasteiger partial charge in [0.05, 0.1) is 12.5 Å². The number of nitrogens with zero attached hydrogens (tertiary/aromatic N) is 1. The van der Waals surface area contributed by atoms with Gasteiger partial charge < -0.3 is 4.98 Å². The van der Waals surface area contributed by atoms with Crippen LogP contribution in [0.2, 0.25) is 0 Å². The highest BCUT2D eigenvalue weighted by Crippen LogP contribution is 2.08. The summed E-state index contributed by atoms with van der Waals surface area (Å²) in [4.78, 5) is 6.26. The number of hydrogen-bond donors (Lipinski definition) is 2. The van der Waals surface area contributed by atoms with Crippen molar-refractivity contribution in [2.75, 3.05) is 6.54 Å². The van der Waals surface area contributed by atoms with Gasteiger partial charge in [0.15, 0.2) is 5.03 Å². The molecule has 0 aliphatic heterocycles. The molecule has 0 atom stereocenters. The van der Waals surface area contributed by atoms with Crippen LogP contribution in [0.15, 0.2) is 17.6 Å². The second-order valence-electron chi connectivity index (χ2n) is 3.45. The molecule has 5 nitrogen and oxygen atoms in total. The van der Waals surface area contributed by atoms with E-state index >= 15 is 0 Å². The monoisotopic (exact) mass is 231 g/mol. The minimum Gasteiger partial charge on any atom is -0.335 e. The predicted octanol–water partition coefficient (Wildman–Crippen LogP) is 1.12. The number of rotatable bonds is 6. The molecule has 0 amide bonds. The molecule has 0 aliphatic carbocycles. The highest BCUT2D eigenvalue weighted by Gasteiger charge is 2.16. The summed E-state index contributed by atoms with van der Waals surface area (Å²) in [5, 5.41) is 0.119. The van der Waals surface area contributed by atoms with E-state index in [2.05, 4.69) is 28.5 Å². The molecule has 0 fully saturated rings. The summed E-state index contributed by atoms with van der Waals surface area (Å²) in [6.45, 7) is 4.59. The SMILES string of the molecule is CCC(CC)CNS(=O)(=O)c1cnc[nH]1. The fourth-order valence-electron chi connectivity index (χ4n) is 1.27. The molecule has 0 saturated heterocycles. The average molecular weight is 231 g/mol. The Hall–Kier alpha value is -0.880. The van der Waals surface area contributed by atoms with E-state index in [0.717, 1.165) is 12.8 Å². The van der Waals surface area contributed by atoms with Crippen molar-refractivity contribution in [1.82, 2.24) is 14.7 Å². The largest absolute Gasteiger partial charge is 0.335 e. The van der Waals surface area contributed by atoms with E-state index in [9.17, 15) is 8.42 Å². The molecule has 1 heterocycles. The molecular weight excluding hydrogens is 214 g/mol. The van der Waals surface area contributed by atoms with E-state index in [0.29, 0.717) is 12.5 Å². The van der Waals surface area contributed by atoms with E-state index in [1.807, 2.05) is 0 Å². The van der Waals surface area contributed by atoms with Gasteiger partial charge in [0.25, 0.3) is 10.0 Å². The Kier molecular flexibility index (Phi) is 4.28. The number of imidazole rings is 1. The summed E-state index contributed by atoms with van der Waals surface area (Å²) in [5.74, 6) is 0.391. The van der Waals surface area contributed by atoms with Crippen LogP contribution in [0.4, 0.5) is 0 Å². The number of nitrogens with one attached hydrogen (secondary N) is 2. The molecule has 1 aromatic heterocycles. The van der Waals surface area contributed by atoms with Crippen molar-refractivity contribution in [3.05, 3.63) is 12.5 Å². The number of sulfonamides is 1. The zero-order chi connectivity index (χ0) is 11.3. The van der Waals surface area contributed by atoms with Gasteiger partial charge in [-0.25, -0.2) is 18.1 Å². The molecule has 86 valence electrons. The van der Waals surface area contributed by atoms with Gasteiger partial charge in [-0.05, 0) is 5.92 Å². The Balaban J connectivity index is 2.59. The normalized spacial score (nSPS) is 12.2. The van der Waals surface area contributed by atoms with E-state index in [-0.39, 0.29) is 5.03 Å². The highest BCUT2D eigenvalue weighted by atomic mass is 32.2. The van der Waals surface area contributed by atoms with E-state index in [1.54, 1.807) is 0 Å². The molecule has 1 aromatic rings. The molecule has 0 saturated carbocycles. The lowest BCUT2D eigenvalue weighted by Gasteiger charge is -2.12. The lowest BCUT2D eigenvalue weighted by Crippen LogP contribution is -2.29. The summed E-state index contributed by atoms with van der Waals surface area (Å²) in [6, 6.07) is 0. The van der Waals surface area contributed by atoms with E-state index in [1.165, 1.54) is 12.5 Å². The van der Waals surface area contributed by atoms with Crippen LogP contribution >= 0.6 is 0 Å². The Morgan fingerprint density at radius 3 is 2.60 bits per heavy atom. The molecule has 0 unspecified atom stereocenters. The van der Waals surface area contributed by atoms with Crippen LogP contribution in [0.1, 0.15) is 26.7 Å². The standard InChI is InChI=1S/C9H17N3O2S/c1-3-8(4-2)5-12-15(13,14)9-6-10-7-11-9/h6-8,12H,3-5H2,1-2H3,(H,10,11). The van der Waals surface area contributed by atoms with Gasteiger partial charge in [-0.1, -0.05) is 26.7 Å². The smallest absolute Gasteiger partial charge is 0.257 e. The Morgan fingerprint density at radius 1 is 1.47 bits per heavy atom. The second kappa shape index (κ2) is 5.27. The number of H-pyrrole nitrogens is 1. The van der Waals surface area contributed by atoms with Crippen molar-refractivity contribution in [3.63, 3.8) is 0 Å². The maximum Gasteiger partial charge on any atom is 0.257 e. The van der Waals surface area contributed by atoms with Crippen LogP contribution < -0.4 is 4.72 Å². The van der Waals surface area contributed by atoms with Gasteiger partial charge in [-0.2, -0.15) is 0 Å². The molecule has 0 bridgehead atoms. The zero-order valence-electron chi connectivity index (χ0n) is 9.03. The first kappa shape index (κ1) is 12.2. The first-order valence-corrected chi connectivity index (χ1v) is 6.56. The van der Waals surface area contributed by atoms with Crippen LogP contribution in [-0.2, 0) is 10.0 Å². The first-order valence-electron chi connectivity index (χ1n) is 5.08. The summed E-state index contributed by atoms with van der Waals surface area (Å²) in [5.41, 5.74) is 0. The topological polar surface area (TPSA) is 74.8 Å². The number of hydrogen-bond acceptors (Lipinski definition) is 3. The van der Waals surface area contributed by atoms with Crippen molar-refractivity contribution < 1.29 is 8.42 Å². The zero-order valence-corrected chi connectivity index (χ0v) is 9.84. The first-order chi connectivity index (χ1) is 7.10. The molecular formula is C9H17N3O2S. The minimum absolute atomic E-state index is 0.119. The van der Waals surface area contributed by atoms with Crippen molar-refractivity contribution >= 4 is 10.0 Å². The van der Waals surface area contributed by atoms with Gasteiger partial charge in [-0.15, -0.1) is 0 Å². The van der Waals surface area contributed by atoms with Crippen LogP contribution in [0.25, 0.3) is 0 Å². The van der Waals surface area contributed by atoms with E-state index < -0.39 is 10.0 Å². The van der Waals surface area contributed by atoms with Crippen LogP contribution in [-0.4, -0.2) is 24.9 Å². The Bertz CT molecular complexity index is 368. The van der Waals surface area contributed by atoms with Crippen LogP contribution in [0, 0.1) is 5.92 Å². The lowest BCUT2D eigenvalue weighted by atomic mass is 10.0. The van der Waals surface area contributed by atoms with Crippen LogP contribution in [0.5, 0.6) is 0 Å². The molecule has 0 radical (unpaired) electrons. The summed E-state index contributed by atoms with van der Waals surface area (Å²) in [7, 11) is -3.40. The maximum atomic E-state index is 11.6. The summed E-state index contributed by atoms with van der Waals surface area (Å²) >= 11 is 0. The van der Waals surface area contributed by atoms with Crippen molar-refractivity contribution in [2.24, 2.45) is 5.92 Å². The average Bonchev–Trinajstić information content (AvgIpc) is 2.72. The molecule has 0 aromatic carbocycles. The number of aromatic nitrogens is 2. The minimum atomic E-state index is -3.40. The Morgan fingerprint density at radius 2 is 2.13 bits per heavy atom. The molecule has 2 N–H and O–H groups in total. The van der Waals surface area contributed by atoms with Gasteiger partial charge in [0, 0.05) is 6.54 Å². The van der Waals surface area contributed by atoms with Gasteiger partial charge in [0.1, 0.15) is 0 Å². The third-order valence-corrected chi connectivity index (χ3v) is 3.83. The quantitative estimate of drug-likeness (QED) is 0.770. The highest BCUT2D eigenvalue weighted by molar-refractivity contribution is 7.89. The van der Waals surface area contributed by atoms with Crippen molar-refractivity contribution in [1.29, 1.82) is 0 Å². The number of aromatic amines is 1. The molecule has 0 spiro atoms. The third kappa shape index (κ3) is 3.32. The predicted molar refractivity (Wildman–Crippen MR) is 57.8 cm³/mol. The van der Waals surface area contributed by atoms with Crippen molar-refractivity contribution in [3.8, 4) is 0 Å². The van der Waals surface area contributed by atoms with E-state index in [4.69, 9.17) is 0 Å². The lowest BCUT2D eigenvalue weighted by molar-refractivity contribution is 0.478. The van der Waals surface area contributed by atoms with Crippen LogP contribution in [0.3, 0.4) is 0 Å². The second-order valence-corrected chi connectivity index (χ2v) is 5.19. The van der Waals surface area contributed by atoms with Gasteiger partial charge >= 0.3 is 0 Å². The summed E-state index contributed by atoms with van der Waals surface area (Å²) < 4.78 is 25.9. The third-order valence-electron chi connectivity index (χ3n) is 2.48. The van der Waals surface area contributed by atoms with Gasteiger partial charge in [0.2, 0.25) is 0 Å². The molecule has 1 rings (SSSR count). The molecule has 6 heteroatoms. The molecule has 0 aliphatic rings. The fraction of sp³-hybridized carbons (Fsp3) is 0.667. The molecule has 15 heavy (non-hydrogen) atoms. The van der Waals surface area contributed by atoms with Crippen molar-refractivity contribution in [2.45, 2.75) is 31.7 Å². The summed E-state index contributed by atoms with van der Waals surface area (Å²) in [6.07, 6.45) is 4.60.